The van der Waals surface area contributed by atoms with Crippen LogP contribution in [0.5, 0.6) is 0 Å². The summed E-state index contributed by atoms with van der Waals surface area (Å²) < 4.78 is 5.50. The van der Waals surface area contributed by atoms with Crippen molar-refractivity contribution in [2.45, 2.75) is 38.4 Å². The quantitative estimate of drug-likeness (QED) is 0.779. The molecule has 2 saturated heterocycles. The number of morpholine rings is 1. The van der Waals surface area contributed by atoms with Crippen molar-refractivity contribution in [2.24, 2.45) is 0 Å². The lowest BCUT2D eigenvalue weighted by Gasteiger charge is -2.42. The fourth-order valence-electron chi connectivity index (χ4n) is 2.91. The number of nitrogens with zero attached hydrogens (tertiary/aromatic N) is 2. The van der Waals surface area contributed by atoms with Crippen molar-refractivity contribution in [1.82, 2.24) is 15.1 Å². The molecule has 0 aromatic rings. The normalized spacial score (nSPS) is 33.4. The number of hydrogen-bond donors (Lipinski definition) is 2. The van der Waals surface area contributed by atoms with E-state index in [0.29, 0.717) is 12.6 Å². The molecule has 2 aliphatic heterocycles. The summed E-state index contributed by atoms with van der Waals surface area (Å²) in [4.78, 5) is 15.2. The standard InChI is InChI=1S/C13H25N3O3/c1-3-12-9-19-5-4-15(12)7-11-8-16(13(17)18)10(2)6-14-11/h10-12,14H,3-9H2,1-2H3,(H,17,18)/t10-,11+,12-/m1/s1. The summed E-state index contributed by atoms with van der Waals surface area (Å²) in [5, 5.41) is 12.7. The van der Waals surface area contributed by atoms with Gasteiger partial charge in [0.2, 0.25) is 0 Å². The second-order valence-electron chi connectivity index (χ2n) is 5.52. The Kier molecular flexibility index (Phi) is 5.01. The third-order valence-electron chi connectivity index (χ3n) is 4.17. The largest absolute Gasteiger partial charge is 0.465 e. The smallest absolute Gasteiger partial charge is 0.407 e. The molecule has 0 bridgehead atoms. The van der Waals surface area contributed by atoms with Crippen LogP contribution in [0.25, 0.3) is 0 Å². The van der Waals surface area contributed by atoms with Crippen LogP contribution in [0.15, 0.2) is 0 Å². The van der Waals surface area contributed by atoms with Crippen molar-refractivity contribution >= 4 is 6.09 Å². The van der Waals surface area contributed by atoms with Crippen molar-refractivity contribution in [3.05, 3.63) is 0 Å². The Morgan fingerprint density at radius 2 is 2.32 bits per heavy atom. The maximum absolute atomic E-state index is 11.2. The molecule has 0 aromatic heterocycles. The van der Waals surface area contributed by atoms with Gasteiger partial charge in [0.1, 0.15) is 0 Å². The number of amides is 1. The van der Waals surface area contributed by atoms with Crippen molar-refractivity contribution in [1.29, 1.82) is 0 Å². The van der Waals surface area contributed by atoms with Gasteiger partial charge in [-0.05, 0) is 13.3 Å². The zero-order chi connectivity index (χ0) is 13.8. The van der Waals surface area contributed by atoms with Gasteiger partial charge in [-0.15, -0.1) is 0 Å². The van der Waals surface area contributed by atoms with E-state index in [9.17, 15) is 9.90 Å². The average molecular weight is 271 g/mol. The molecule has 2 heterocycles. The molecule has 3 atom stereocenters. The van der Waals surface area contributed by atoms with Gasteiger partial charge in [-0.3, -0.25) is 4.90 Å². The van der Waals surface area contributed by atoms with E-state index in [1.165, 1.54) is 0 Å². The molecule has 110 valence electrons. The lowest BCUT2D eigenvalue weighted by Crippen LogP contribution is -2.61. The predicted octanol–water partition coefficient (Wildman–Crippen LogP) is 0.438. The maximum Gasteiger partial charge on any atom is 0.407 e. The molecular formula is C13H25N3O3. The molecule has 0 radical (unpaired) electrons. The summed E-state index contributed by atoms with van der Waals surface area (Å²) >= 11 is 0. The molecule has 0 spiro atoms. The molecule has 0 saturated carbocycles. The van der Waals surface area contributed by atoms with Crippen LogP contribution >= 0.6 is 0 Å². The minimum absolute atomic E-state index is 0.0559. The van der Waals surface area contributed by atoms with Gasteiger partial charge in [0, 0.05) is 44.3 Å². The van der Waals surface area contributed by atoms with Crippen molar-refractivity contribution in [2.75, 3.05) is 39.4 Å². The number of carbonyl (C=O) groups is 1. The molecule has 6 nitrogen and oxygen atoms in total. The van der Waals surface area contributed by atoms with E-state index < -0.39 is 6.09 Å². The van der Waals surface area contributed by atoms with E-state index in [4.69, 9.17) is 4.74 Å². The van der Waals surface area contributed by atoms with Crippen molar-refractivity contribution < 1.29 is 14.6 Å². The molecule has 6 heteroatoms. The van der Waals surface area contributed by atoms with Crippen LogP contribution in [0.1, 0.15) is 20.3 Å². The topological polar surface area (TPSA) is 65.0 Å². The number of ether oxygens (including phenoxy) is 1. The first-order valence-electron chi connectivity index (χ1n) is 7.16. The van der Waals surface area contributed by atoms with Gasteiger partial charge in [-0.1, -0.05) is 6.92 Å². The summed E-state index contributed by atoms with van der Waals surface area (Å²) in [5.41, 5.74) is 0. The van der Waals surface area contributed by atoms with Crippen molar-refractivity contribution in [3.63, 3.8) is 0 Å². The fraction of sp³-hybridized carbons (Fsp3) is 0.923. The van der Waals surface area contributed by atoms with E-state index >= 15 is 0 Å². The van der Waals surface area contributed by atoms with E-state index in [1.54, 1.807) is 4.90 Å². The van der Waals surface area contributed by atoms with Crippen LogP contribution in [0.2, 0.25) is 0 Å². The summed E-state index contributed by atoms with van der Waals surface area (Å²) in [6.45, 7) is 8.85. The highest BCUT2D eigenvalue weighted by molar-refractivity contribution is 5.65. The zero-order valence-electron chi connectivity index (χ0n) is 11.8. The summed E-state index contributed by atoms with van der Waals surface area (Å²) in [5.74, 6) is 0. The predicted molar refractivity (Wildman–Crippen MR) is 72.5 cm³/mol. The van der Waals surface area contributed by atoms with Crippen LogP contribution in [0.4, 0.5) is 4.79 Å². The first kappa shape index (κ1) is 14.6. The SMILES string of the molecule is CC[C@@H]1COCCN1C[C@H]1CN(C(=O)O)[C@H](C)CN1. The summed E-state index contributed by atoms with van der Waals surface area (Å²) in [6, 6.07) is 0.744. The van der Waals surface area contributed by atoms with E-state index in [2.05, 4.69) is 17.1 Å². The van der Waals surface area contributed by atoms with Crippen molar-refractivity contribution in [3.8, 4) is 0 Å². The molecule has 0 aliphatic carbocycles. The minimum atomic E-state index is -0.812. The third-order valence-corrected chi connectivity index (χ3v) is 4.17. The lowest BCUT2D eigenvalue weighted by atomic mass is 10.1. The number of carboxylic acid groups (broad SMARTS) is 1. The average Bonchev–Trinajstić information content (AvgIpc) is 2.41. The van der Waals surface area contributed by atoms with Gasteiger partial charge in [0.05, 0.1) is 13.2 Å². The molecule has 1 amide bonds. The Labute approximate surface area is 114 Å². The molecule has 2 N–H and O–H groups in total. The number of piperazine rings is 1. The lowest BCUT2D eigenvalue weighted by molar-refractivity contribution is -0.0169. The van der Waals surface area contributed by atoms with Gasteiger partial charge >= 0.3 is 6.09 Å². The highest BCUT2D eigenvalue weighted by Gasteiger charge is 2.31. The number of nitrogens with one attached hydrogen (secondary N) is 1. The Hall–Kier alpha value is -0.850. The molecule has 19 heavy (non-hydrogen) atoms. The Morgan fingerprint density at radius 1 is 1.53 bits per heavy atom. The first-order valence-corrected chi connectivity index (χ1v) is 7.16. The van der Waals surface area contributed by atoms with Gasteiger partial charge in [0.25, 0.3) is 0 Å². The van der Waals surface area contributed by atoms with Gasteiger partial charge in [-0.2, -0.15) is 0 Å². The second-order valence-corrected chi connectivity index (χ2v) is 5.52. The van der Waals surface area contributed by atoms with Crippen LogP contribution < -0.4 is 5.32 Å². The van der Waals surface area contributed by atoms with E-state index in [-0.39, 0.29) is 12.1 Å². The molecule has 2 aliphatic rings. The summed E-state index contributed by atoms with van der Waals surface area (Å²) in [6.07, 6.45) is 0.263. The maximum atomic E-state index is 11.2. The molecule has 2 rings (SSSR count). The monoisotopic (exact) mass is 271 g/mol. The van der Waals surface area contributed by atoms with Gasteiger partial charge in [0.15, 0.2) is 0 Å². The van der Waals surface area contributed by atoms with Gasteiger partial charge < -0.3 is 20.1 Å². The molecule has 0 unspecified atom stereocenters. The van der Waals surface area contributed by atoms with E-state index in [1.807, 2.05) is 6.92 Å². The first-order chi connectivity index (χ1) is 9.11. The second kappa shape index (κ2) is 6.54. The Bertz CT molecular complexity index is 314. The van der Waals surface area contributed by atoms with Crippen LogP contribution in [0, 0.1) is 0 Å². The third kappa shape index (κ3) is 3.58. The van der Waals surface area contributed by atoms with Crippen LogP contribution in [-0.4, -0.2) is 78.5 Å². The Balaban J connectivity index is 1.89. The fourth-order valence-corrected chi connectivity index (χ4v) is 2.91. The molecule has 0 aromatic carbocycles. The van der Waals surface area contributed by atoms with E-state index in [0.717, 1.165) is 39.3 Å². The zero-order valence-corrected chi connectivity index (χ0v) is 11.8. The summed E-state index contributed by atoms with van der Waals surface area (Å²) in [7, 11) is 0. The highest BCUT2D eigenvalue weighted by atomic mass is 16.5. The Morgan fingerprint density at radius 3 is 3.00 bits per heavy atom. The van der Waals surface area contributed by atoms with Crippen LogP contribution in [0.3, 0.4) is 0 Å². The number of hydrogen-bond acceptors (Lipinski definition) is 4. The minimum Gasteiger partial charge on any atom is -0.465 e. The molecule has 2 fully saturated rings. The highest BCUT2D eigenvalue weighted by Crippen LogP contribution is 2.13. The van der Waals surface area contributed by atoms with Crippen LogP contribution in [-0.2, 0) is 4.74 Å². The number of rotatable bonds is 3. The molecular weight excluding hydrogens is 246 g/mol. The van der Waals surface area contributed by atoms with Gasteiger partial charge in [-0.25, -0.2) is 4.79 Å².